The Balaban J connectivity index is 2.15. The van der Waals surface area contributed by atoms with Crippen LogP contribution in [-0.2, 0) is 0 Å². The van der Waals surface area contributed by atoms with Crippen LogP contribution >= 0.6 is 0 Å². The number of nitrogens with two attached hydrogens (primary N) is 1. The van der Waals surface area contributed by atoms with Gasteiger partial charge in [-0.25, -0.2) is 9.97 Å². The largest absolute Gasteiger partial charge is 0.384 e. The Kier molecular flexibility index (Phi) is 2.75. The smallest absolute Gasteiger partial charge is 0.136 e. The summed E-state index contributed by atoms with van der Waals surface area (Å²) in [5.41, 5.74) is 5.75. The Morgan fingerprint density at radius 1 is 1.53 bits per heavy atom. The van der Waals surface area contributed by atoms with Crippen LogP contribution < -0.4 is 11.1 Å². The van der Waals surface area contributed by atoms with Gasteiger partial charge in [0, 0.05) is 18.0 Å². The van der Waals surface area contributed by atoms with Crippen LogP contribution in [0.25, 0.3) is 0 Å². The van der Waals surface area contributed by atoms with E-state index < -0.39 is 0 Å². The van der Waals surface area contributed by atoms with Gasteiger partial charge in [0.25, 0.3) is 0 Å². The Morgan fingerprint density at radius 2 is 2.27 bits per heavy atom. The first-order valence-corrected chi connectivity index (χ1v) is 5.60. The molecule has 0 radical (unpaired) electrons. The lowest BCUT2D eigenvalue weighted by atomic mass is 10.2. The number of nitrogens with zero attached hydrogens (tertiary/aromatic N) is 2. The van der Waals surface area contributed by atoms with Crippen LogP contribution in [0.3, 0.4) is 0 Å². The van der Waals surface area contributed by atoms with Crippen LogP contribution in [0, 0.1) is 0 Å². The van der Waals surface area contributed by atoms with Crippen molar-refractivity contribution in [3.8, 4) is 0 Å². The Bertz CT molecular complexity index is 346. The maximum Gasteiger partial charge on any atom is 0.136 e. The summed E-state index contributed by atoms with van der Waals surface area (Å²) in [6.07, 6.45) is 3.47. The number of anilines is 2. The quantitative estimate of drug-likeness (QED) is 0.792. The fraction of sp³-hybridized carbons (Fsp3) is 0.636. The maximum absolute atomic E-state index is 5.75. The molecule has 0 amide bonds. The minimum atomic E-state index is 0.423. The molecule has 15 heavy (non-hydrogen) atoms. The third kappa shape index (κ3) is 2.58. The van der Waals surface area contributed by atoms with Crippen molar-refractivity contribution in [2.45, 2.75) is 45.1 Å². The van der Waals surface area contributed by atoms with E-state index in [1.807, 2.05) is 0 Å². The summed E-state index contributed by atoms with van der Waals surface area (Å²) in [7, 11) is 0. The van der Waals surface area contributed by atoms with E-state index >= 15 is 0 Å². The van der Waals surface area contributed by atoms with Crippen LogP contribution in [0.2, 0.25) is 0 Å². The topological polar surface area (TPSA) is 63.8 Å². The Labute approximate surface area is 90.3 Å². The summed E-state index contributed by atoms with van der Waals surface area (Å²) in [5.74, 6) is 2.88. The van der Waals surface area contributed by atoms with Gasteiger partial charge >= 0.3 is 0 Å². The second kappa shape index (κ2) is 4.04. The number of rotatable bonds is 4. The standard InChI is InChI=1S/C11H18N4/c1-3-7(2)13-10-6-9(12)14-11(15-10)8-4-5-8/h6-8H,3-5H2,1-2H3,(H3,12,13,14,15). The minimum Gasteiger partial charge on any atom is -0.384 e. The minimum absolute atomic E-state index is 0.423. The zero-order valence-electron chi connectivity index (χ0n) is 9.33. The highest BCUT2D eigenvalue weighted by Crippen LogP contribution is 2.38. The molecule has 1 aromatic heterocycles. The number of aromatic nitrogens is 2. The lowest BCUT2D eigenvalue weighted by molar-refractivity contribution is 0.755. The molecule has 2 rings (SSSR count). The van der Waals surface area contributed by atoms with Gasteiger partial charge in [0.15, 0.2) is 0 Å². The lowest BCUT2D eigenvalue weighted by Gasteiger charge is -2.13. The van der Waals surface area contributed by atoms with Crippen LogP contribution in [0.1, 0.15) is 44.9 Å². The van der Waals surface area contributed by atoms with Crippen molar-refractivity contribution in [1.82, 2.24) is 9.97 Å². The van der Waals surface area contributed by atoms with E-state index in [2.05, 4.69) is 29.1 Å². The molecule has 0 saturated heterocycles. The zero-order valence-corrected chi connectivity index (χ0v) is 9.33. The molecule has 4 nitrogen and oxygen atoms in total. The third-order valence-corrected chi connectivity index (χ3v) is 2.71. The van der Waals surface area contributed by atoms with Gasteiger partial charge < -0.3 is 11.1 Å². The van der Waals surface area contributed by atoms with Gasteiger partial charge in [-0.3, -0.25) is 0 Å². The van der Waals surface area contributed by atoms with Crippen LogP contribution in [0.4, 0.5) is 11.6 Å². The first-order valence-electron chi connectivity index (χ1n) is 5.60. The fourth-order valence-corrected chi connectivity index (χ4v) is 1.44. The molecule has 0 spiro atoms. The number of nitrogen functional groups attached to an aromatic ring is 1. The number of hydrogen-bond donors (Lipinski definition) is 2. The Hall–Kier alpha value is -1.32. The molecular weight excluding hydrogens is 188 g/mol. The summed E-state index contributed by atoms with van der Waals surface area (Å²) in [6, 6.07) is 2.23. The molecular formula is C11H18N4. The summed E-state index contributed by atoms with van der Waals surface area (Å²) in [4.78, 5) is 8.74. The molecule has 1 unspecified atom stereocenters. The molecule has 0 aliphatic heterocycles. The van der Waals surface area contributed by atoms with E-state index in [1.54, 1.807) is 6.07 Å². The average Bonchev–Trinajstić information content (AvgIpc) is 2.99. The summed E-state index contributed by atoms with van der Waals surface area (Å²) >= 11 is 0. The average molecular weight is 206 g/mol. The van der Waals surface area contributed by atoms with Gasteiger partial charge in [-0.1, -0.05) is 6.92 Å². The van der Waals surface area contributed by atoms with Crippen molar-refractivity contribution in [2.75, 3.05) is 11.1 Å². The molecule has 1 fully saturated rings. The lowest BCUT2D eigenvalue weighted by Crippen LogP contribution is -2.15. The van der Waals surface area contributed by atoms with Crippen molar-refractivity contribution in [3.05, 3.63) is 11.9 Å². The van der Waals surface area contributed by atoms with E-state index in [0.717, 1.165) is 18.1 Å². The van der Waals surface area contributed by atoms with Gasteiger partial charge in [-0.2, -0.15) is 0 Å². The molecule has 1 aliphatic rings. The van der Waals surface area contributed by atoms with Crippen molar-refractivity contribution in [3.63, 3.8) is 0 Å². The molecule has 3 N–H and O–H groups in total. The molecule has 1 saturated carbocycles. The Morgan fingerprint density at radius 3 is 2.87 bits per heavy atom. The zero-order chi connectivity index (χ0) is 10.8. The van der Waals surface area contributed by atoms with E-state index in [9.17, 15) is 0 Å². The van der Waals surface area contributed by atoms with Gasteiger partial charge in [0.1, 0.15) is 17.5 Å². The molecule has 1 heterocycles. The van der Waals surface area contributed by atoms with Gasteiger partial charge in [0.05, 0.1) is 0 Å². The normalized spacial score (nSPS) is 17.5. The van der Waals surface area contributed by atoms with E-state index in [-0.39, 0.29) is 0 Å². The predicted octanol–water partition coefficient (Wildman–Crippen LogP) is 2.15. The van der Waals surface area contributed by atoms with E-state index in [0.29, 0.717) is 17.8 Å². The van der Waals surface area contributed by atoms with Crippen LogP contribution in [-0.4, -0.2) is 16.0 Å². The van der Waals surface area contributed by atoms with Crippen molar-refractivity contribution in [2.24, 2.45) is 0 Å². The number of hydrogen-bond acceptors (Lipinski definition) is 4. The van der Waals surface area contributed by atoms with Gasteiger partial charge in [0.2, 0.25) is 0 Å². The molecule has 1 aromatic rings. The second-order valence-electron chi connectivity index (χ2n) is 4.26. The summed E-state index contributed by atoms with van der Waals surface area (Å²) < 4.78 is 0. The molecule has 0 aromatic carbocycles. The summed E-state index contributed by atoms with van der Waals surface area (Å²) in [5, 5.41) is 3.32. The molecule has 0 bridgehead atoms. The van der Waals surface area contributed by atoms with Crippen LogP contribution in [0.5, 0.6) is 0 Å². The number of nitrogens with one attached hydrogen (secondary N) is 1. The van der Waals surface area contributed by atoms with Crippen molar-refractivity contribution in [1.29, 1.82) is 0 Å². The van der Waals surface area contributed by atoms with E-state index in [4.69, 9.17) is 5.73 Å². The maximum atomic E-state index is 5.75. The molecule has 82 valence electrons. The second-order valence-corrected chi connectivity index (χ2v) is 4.26. The summed E-state index contributed by atoms with van der Waals surface area (Å²) in [6.45, 7) is 4.28. The van der Waals surface area contributed by atoms with Gasteiger partial charge in [-0.05, 0) is 26.2 Å². The molecule has 1 aliphatic carbocycles. The van der Waals surface area contributed by atoms with Crippen LogP contribution in [0.15, 0.2) is 6.07 Å². The van der Waals surface area contributed by atoms with E-state index in [1.165, 1.54) is 12.8 Å². The fourth-order valence-electron chi connectivity index (χ4n) is 1.44. The van der Waals surface area contributed by atoms with Crippen molar-refractivity contribution >= 4 is 11.6 Å². The highest BCUT2D eigenvalue weighted by Gasteiger charge is 2.27. The first-order chi connectivity index (χ1) is 7.19. The highest BCUT2D eigenvalue weighted by atomic mass is 15.1. The first kappa shape index (κ1) is 10.2. The predicted molar refractivity (Wildman–Crippen MR) is 61.8 cm³/mol. The van der Waals surface area contributed by atoms with Gasteiger partial charge in [-0.15, -0.1) is 0 Å². The SMILES string of the molecule is CCC(C)Nc1cc(N)nc(C2CC2)n1. The third-order valence-electron chi connectivity index (χ3n) is 2.71. The molecule has 4 heteroatoms. The monoisotopic (exact) mass is 206 g/mol. The highest BCUT2D eigenvalue weighted by molar-refractivity contribution is 5.45. The molecule has 1 atom stereocenters. The van der Waals surface area contributed by atoms with Crippen molar-refractivity contribution < 1.29 is 0 Å².